The van der Waals surface area contributed by atoms with Gasteiger partial charge in [-0.05, 0) is 18.1 Å². The molecule has 0 unspecified atom stereocenters. The second-order valence-electron chi connectivity index (χ2n) is 8.28. The Morgan fingerprint density at radius 1 is 1.06 bits per heavy atom. The zero-order valence-corrected chi connectivity index (χ0v) is 19.3. The smallest absolute Gasteiger partial charge is 0.223 e. The minimum atomic E-state index is -0.552. The second kappa shape index (κ2) is 9.84. The monoisotopic (exact) mass is 473 g/mol. The fourth-order valence-electron chi connectivity index (χ4n) is 4.03. The first-order valence-electron chi connectivity index (χ1n) is 10.8. The van der Waals surface area contributed by atoms with Crippen LogP contribution in [0, 0.1) is 11.6 Å². The highest BCUT2D eigenvalue weighted by Gasteiger charge is 2.19. The number of nitrogen functional groups attached to an aromatic ring is 1. The Balaban J connectivity index is 1.41. The van der Waals surface area contributed by atoms with E-state index in [-0.39, 0.29) is 17.0 Å². The molecule has 4 rings (SSSR count). The molecule has 7 nitrogen and oxygen atoms in total. The van der Waals surface area contributed by atoms with Crippen LogP contribution >= 0.6 is 11.6 Å². The van der Waals surface area contributed by atoms with Gasteiger partial charge >= 0.3 is 0 Å². The summed E-state index contributed by atoms with van der Waals surface area (Å²) in [5, 5.41) is 4.76. The Hall–Kier alpha value is -3.04. The highest BCUT2D eigenvalue weighted by molar-refractivity contribution is 6.29. The third-order valence-electron chi connectivity index (χ3n) is 5.54. The molecule has 0 spiro atoms. The molecule has 3 heterocycles. The van der Waals surface area contributed by atoms with Crippen molar-refractivity contribution in [1.29, 1.82) is 0 Å². The number of rotatable bonds is 6. The molecule has 174 valence electrons. The van der Waals surface area contributed by atoms with Crippen molar-refractivity contribution in [2.24, 2.45) is 0 Å². The molecule has 0 radical (unpaired) electrons. The molecule has 3 aromatic rings. The van der Waals surface area contributed by atoms with Gasteiger partial charge in [0.05, 0.1) is 11.9 Å². The maximum absolute atomic E-state index is 13.5. The predicted octanol–water partition coefficient (Wildman–Crippen LogP) is 4.13. The first-order chi connectivity index (χ1) is 15.8. The van der Waals surface area contributed by atoms with E-state index >= 15 is 0 Å². The third kappa shape index (κ3) is 5.48. The maximum atomic E-state index is 13.5. The number of anilines is 2. The summed E-state index contributed by atoms with van der Waals surface area (Å²) >= 11 is 6.04. The highest BCUT2D eigenvalue weighted by atomic mass is 35.5. The van der Waals surface area contributed by atoms with Crippen LogP contribution in [0.3, 0.4) is 0 Å². The molecule has 1 aromatic carbocycles. The van der Waals surface area contributed by atoms with Gasteiger partial charge in [-0.1, -0.05) is 37.6 Å². The van der Waals surface area contributed by atoms with E-state index in [1.54, 1.807) is 16.9 Å². The standard InChI is InChI=1S/C23H26ClF2N7/c1-15(2)22-16(14-28-33(22)21-13-20(24)29-23(27)30-21)4-3-5-31-6-8-32(9-7-31)19-11-17(25)10-18(26)12-19/h3-4,10-15H,5-9H2,1-2H3,(H2,27,29,30)/b4-3+. The van der Waals surface area contributed by atoms with Gasteiger partial charge in [0.15, 0.2) is 5.82 Å². The van der Waals surface area contributed by atoms with Crippen molar-refractivity contribution < 1.29 is 8.78 Å². The Kier molecular flexibility index (Phi) is 6.90. The fourth-order valence-corrected chi connectivity index (χ4v) is 4.21. The lowest BCUT2D eigenvalue weighted by molar-refractivity contribution is 0.284. The van der Waals surface area contributed by atoms with Gasteiger partial charge in [-0.3, -0.25) is 4.90 Å². The van der Waals surface area contributed by atoms with Crippen LogP contribution in [0.5, 0.6) is 0 Å². The number of aromatic nitrogens is 4. The first-order valence-corrected chi connectivity index (χ1v) is 11.2. The molecule has 33 heavy (non-hydrogen) atoms. The molecule has 0 atom stereocenters. The van der Waals surface area contributed by atoms with Crippen LogP contribution in [0.4, 0.5) is 20.4 Å². The van der Waals surface area contributed by atoms with Gasteiger partial charge in [0, 0.05) is 56.1 Å². The average molecular weight is 474 g/mol. The SMILES string of the molecule is CC(C)c1c(/C=C/CN2CCN(c3cc(F)cc(F)c3)CC2)cnn1-c1cc(Cl)nc(N)n1. The lowest BCUT2D eigenvalue weighted by Gasteiger charge is -2.35. The number of benzene rings is 1. The van der Waals surface area contributed by atoms with Crippen molar-refractivity contribution in [2.75, 3.05) is 43.4 Å². The van der Waals surface area contributed by atoms with E-state index < -0.39 is 11.6 Å². The first kappa shape index (κ1) is 23.1. The molecule has 0 aliphatic carbocycles. The number of nitrogens with two attached hydrogens (primary N) is 1. The molecule has 0 amide bonds. The maximum Gasteiger partial charge on any atom is 0.223 e. The van der Waals surface area contributed by atoms with Crippen molar-refractivity contribution in [1.82, 2.24) is 24.6 Å². The van der Waals surface area contributed by atoms with Crippen molar-refractivity contribution >= 4 is 29.3 Å². The highest BCUT2D eigenvalue weighted by Crippen LogP contribution is 2.25. The van der Waals surface area contributed by atoms with Crippen LogP contribution in [0.2, 0.25) is 5.15 Å². The van der Waals surface area contributed by atoms with Crippen LogP contribution in [0.1, 0.15) is 31.0 Å². The van der Waals surface area contributed by atoms with Gasteiger partial charge in [0.1, 0.15) is 16.8 Å². The van der Waals surface area contributed by atoms with E-state index in [0.717, 1.165) is 37.0 Å². The average Bonchev–Trinajstić information content (AvgIpc) is 3.17. The van der Waals surface area contributed by atoms with E-state index in [2.05, 4.69) is 46.0 Å². The van der Waals surface area contributed by atoms with Crippen molar-refractivity contribution in [3.8, 4) is 5.82 Å². The summed E-state index contributed by atoms with van der Waals surface area (Å²) in [7, 11) is 0. The fraction of sp³-hybridized carbons (Fsp3) is 0.348. The van der Waals surface area contributed by atoms with E-state index in [4.69, 9.17) is 17.3 Å². The van der Waals surface area contributed by atoms with E-state index in [9.17, 15) is 8.78 Å². The van der Waals surface area contributed by atoms with Crippen LogP contribution in [-0.4, -0.2) is 57.4 Å². The summed E-state index contributed by atoms with van der Waals surface area (Å²) in [6.45, 7) is 7.97. The Morgan fingerprint density at radius 3 is 2.39 bits per heavy atom. The van der Waals surface area contributed by atoms with Crippen molar-refractivity contribution in [2.45, 2.75) is 19.8 Å². The van der Waals surface area contributed by atoms with Crippen LogP contribution < -0.4 is 10.6 Å². The number of hydrogen-bond acceptors (Lipinski definition) is 6. The molecule has 10 heteroatoms. The Morgan fingerprint density at radius 2 is 1.76 bits per heavy atom. The van der Waals surface area contributed by atoms with E-state index in [1.165, 1.54) is 12.1 Å². The lowest BCUT2D eigenvalue weighted by Crippen LogP contribution is -2.46. The minimum absolute atomic E-state index is 0.0971. The molecule has 1 fully saturated rings. The molecule has 2 aromatic heterocycles. The van der Waals surface area contributed by atoms with E-state index in [0.29, 0.717) is 24.6 Å². The topological polar surface area (TPSA) is 76.1 Å². The summed E-state index contributed by atoms with van der Waals surface area (Å²) in [4.78, 5) is 12.5. The van der Waals surface area contributed by atoms with Crippen LogP contribution in [0.25, 0.3) is 11.9 Å². The zero-order valence-electron chi connectivity index (χ0n) is 18.5. The van der Waals surface area contributed by atoms with Gasteiger partial charge in [0.2, 0.25) is 5.95 Å². The normalized spacial score (nSPS) is 15.2. The molecule has 2 N–H and O–H groups in total. The molecule has 1 saturated heterocycles. The molecule has 0 saturated carbocycles. The molecule has 1 aliphatic heterocycles. The Bertz CT molecular complexity index is 1110. The molecule has 0 bridgehead atoms. The summed E-state index contributed by atoms with van der Waals surface area (Å²) < 4.78 is 28.8. The van der Waals surface area contributed by atoms with Gasteiger partial charge < -0.3 is 10.6 Å². The molecular weight excluding hydrogens is 448 g/mol. The largest absolute Gasteiger partial charge is 0.369 e. The summed E-state index contributed by atoms with van der Waals surface area (Å²) in [5.74, 6) is -0.286. The van der Waals surface area contributed by atoms with Gasteiger partial charge in [-0.15, -0.1) is 0 Å². The number of halogens is 3. The summed E-state index contributed by atoms with van der Waals surface area (Å²) in [5.41, 5.74) is 8.32. The number of piperazine rings is 1. The number of hydrogen-bond donors (Lipinski definition) is 1. The van der Waals surface area contributed by atoms with Crippen LogP contribution in [-0.2, 0) is 0 Å². The predicted molar refractivity (Wildman–Crippen MR) is 127 cm³/mol. The van der Waals surface area contributed by atoms with E-state index in [1.807, 2.05) is 4.90 Å². The summed E-state index contributed by atoms with van der Waals surface area (Å²) in [6.07, 6.45) is 5.96. The van der Waals surface area contributed by atoms with Gasteiger partial charge in [-0.25, -0.2) is 18.4 Å². The second-order valence-corrected chi connectivity index (χ2v) is 8.66. The Labute approximate surface area is 196 Å². The number of nitrogens with zero attached hydrogens (tertiary/aromatic N) is 6. The van der Waals surface area contributed by atoms with Crippen molar-refractivity contribution in [3.63, 3.8) is 0 Å². The van der Waals surface area contributed by atoms with Crippen LogP contribution in [0.15, 0.2) is 36.5 Å². The van der Waals surface area contributed by atoms with Crippen molar-refractivity contribution in [3.05, 3.63) is 64.6 Å². The third-order valence-corrected chi connectivity index (χ3v) is 5.74. The zero-order chi connectivity index (χ0) is 23.5. The molecule has 1 aliphatic rings. The van der Waals surface area contributed by atoms with Gasteiger partial charge in [0.25, 0.3) is 0 Å². The minimum Gasteiger partial charge on any atom is -0.369 e. The quantitative estimate of drug-likeness (QED) is 0.542. The summed E-state index contributed by atoms with van der Waals surface area (Å²) in [6, 6.07) is 5.28. The van der Waals surface area contributed by atoms with Gasteiger partial charge in [-0.2, -0.15) is 10.1 Å². The molecular formula is C23H26ClF2N7. The lowest BCUT2D eigenvalue weighted by atomic mass is 10.1.